The van der Waals surface area contributed by atoms with Crippen molar-refractivity contribution >= 4 is 21.6 Å². The zero-order valence-electron chi connectivity index (χ0n) is 7.89. The molecule has 0 aliphatic carbocycles. The average Bonchev–Trinajstić information content (AvgIpc) is 2.21. The summed E-state index contributed by atoms with van der Waals surface area (Å²) in [7, 11) is 0. The Hall–Kier alpha value is -1.09. The molecule has 0 aliphatic rings. The summed E-state index contributed by atoms with van der Waals surface area (Å²) in [5.74, 6) is 0. The molecule has 0 spiro atoms. The van der Waals surface area contributed by atoms with Gasteiger partial charge in [0, 0.05) is 10.2 Å². The molecule has 0 heterocycles. The molecule has 0 amide bonds. The van der Waals surface area contributed by atoms with Gasteiger partial charge in [-0.05, 0) is 33.6 Å². The topological polar surface area (TPSA) is 90.3 Å². The number of nitriles is 1. The molecule has 0 saturated carbocycles. The fourth-order valence-corrected chi connectivity index (χ4v) is 1.55. The Kier molecular flexibility index (Phi) is 4.09. The summed E-state index contributed by atoms with van der Waals surface area (Å²) < 4.78 is 0.656. The number of rotatable bonds is 3. The quantitative estimate of drug-likeness (QED) is 0.723. The molecule has 2 atom stereocenters. The maximum absolute atomic E-state index is 9.67. The number of benzene rings is 1. The van der Waals surface area contributed by atoms with Gasteiger partial charge < -0.3 is 15.9 Å². The minimum atomic E-state index is -1.08. The maximum Gasteiger partial charge on any atom is 0.106 e. The van der Waals surface area contributed by atoms with Crippen molar-refractivity contribution in [1.82, 2.24) is 0 Å². The van der Waals surface area contributed by atoms with E-state index in [9.17, 15) is 10.2 Å². The lowest BCUT2D eigenvalue weighted by atomic mass is 10.0. The van der Waals surface area contributed by atoms with Crippen LogP contribution in [0.5, 0.6) is 0 Å². The third-order valence-electron chi connectivity index (χ3n) is 2.03. The SMILES string of the molecule is N#CCC(O)C(O)c1ccc(N)c(Br)c1. The lowest BCUT2D eigenvalue weighted by molar-refractivity contribution is 0.0216. The van der Waals surface area contributed by atoms with E-state index in [0.29, 0.717) is 15.7 Å². The van der Waals surface area contributed by atoms with Gasteiger partial charge in [0.25, 0.3) is 0 Å². The summed E-state index contributed by atoms with van der Waals surface area (Å²) in [5, 5.41) is 27.5. The molecule has 5 heteroatoms. The molecular weight excluding hydrogens is 260 g/mol. The van der Waals surface area contributed by atoms with E-state index >= 15 is 0 Å². The number of aliphatic hydroxyl groups is 2. The Bertz CT molecular complexity index is 389. The number of nitrogens with two attached hydrogens (primary N) is 1. The zero-order chi connectivity index (χ0) is 11.4. The second kappa shape index (κ2) is 5.12. The minimum Gasteiger partial charge on any atom is -0.398 e. The van der Waals surface area contributed by atoms with Crippen LogP contribution in [-0.4, -0.2) is 16.3 Å². The van der Waals surface area contributed by atoms with Gasteiger partial charge in [0.05, 0.1) is 18.6 Å². The van der Waals surface area contributed by atoms with Crippen molar-refractivity contribution in [2.75, 3.05) is 5.73 Å². The van der Waals surface area contributed by atoms with Gasteiger partial charge in [-0.15, -0.1) is 0 Å². The molecule has 1 aromatic rings. The van der Waals surface area contributed by atoms with Crippen LogP contribution in [0.4, 0.5) is 5.69 Å². The molecule has 0 saturated heterocycles. The van der Waals surface area contributed by atoms with Crippen molar-refractivity contribution in [3.63, 3.8) is 0 Å². The molecule has 0 fully saturated rings. The Balaban J connectivity index is 2.87. The molecule has 1 rings (SSSR count). The second-order valence-electron chi connectivity index (χ2n) is 3.16. The molecule has 0 aliphatic heterocycles. The first-order valence-electron chi connectivity index (χ1n) is 4.34. The van der Waals surface area contributed by atoms with Crippen LogP contribution in [0.15, 0.2) is 22.7 Å². The highest BCUT2D eigenvalue weighted by Crippen LogP contribution is 2.26. The van der Waals surface area contributed by atoms with Crippen molar-refractivity contribution < 1.29 is 10.2 Å². The predicted molar refractivity (Wildman–Crippen MR) is 59.8 cm³/mol. The van der Waals surface area contributed by atoms with E-state index < -0.39 is 12.2 Å². The van der Waals surface area contributed by atoms with Crippen LogP contribution in [-0.2, 0) is 0 Å². The Morgan fingerprint density at radius 1 is 1.47 bits per heavy atom. The first-order valence-corrected chi connectivity index (χ1v) is 5.13. The van der Waals surface area contributed by atoms with Crippen LogP contribution in [0, 0.1) is 11.3 Å². The van der Waals surface area contributed by atoms with E-state index in [2.05, 4.69) is 15.9 Å². The average molecular weight is 271 g/mol. The van der Waals surface area contributed by atoms with Gasteiger partial charge in [0.1, 0.15) is 6.10 Å². The Labute approximate surface area is 96.1 Å². The highest BCUT2D eigenvalue weighted by Gasteiger charge is 2.18. The van der Waals surface area contributed by atoms with Crippen LogP contribution in [0.3, 0.4) is 0 Å². The van der Waals surface area contributed by atoms with Crippen molar-refractivity contribution in [2.45, 2.75) is 18.6 Å². The number of nitrogen functional groups attached to an aromatic ring is 1. The van der Waals surface area contributed by atoms with Crippen LogP contribution in [0.1, 0.15) is 18.1 Å². The maximum atomic E-state index is 9.67. The molecule has 0 radical (unpaired) electrons. The van der Waals surface area contributed by atoms with Gasteiger partial charge in [-0.1, -0.05) is 6.07 Å². The van der Waals surface area contributed by atoms with Gasteiger partial charge in [-0.25, -0.2) is 0 Å². The van der Waals surface area contributed by atoms with Crippen LogP contribution in [0.2, 0.25) is 0 Å². The summed E-state index contributed by atoms with van der Waals surface area (Å²) in [6.45, 7) is 0. The zero-order valence-corrected chi connectivity index (χ0v) is 9.48. The number of anilines is 1. The second-order valence-corrected chi connectivity index (χ2v) is 4.01. The molecule has 0 bridgehead atoms. The molecule has 4 N–H and O–H groups in total. The van der Waals surface area contributed by atoms with Crippen molar-refractivity contribution in [3.8, 4) is 6.07 Å². The number of halogens is 1. The van der Waals surface area contributed by atoms with E-state index in [1.54, 1.807) is 24.3 Å². The summed E-state index contributed by atoms with van der Waals surface area (Å²) in [6, 6.07) is 6.67. The van der Waals surface area contributed by atoms with Gasteiger partial charge in [-0.3, -0.25) is 0 Å². The molecule has 4 nitrogen and oxygen atoms in total. The first-order chi connectivity index (χ1) is 7.06. The number of hydrogen-bond donors (Lipinski definition) is 3. The van der Waals surface area contributed by atoms with Gasteiger partial charge in [0.15, 0.2) is 0 Å². The minimum absolute atomic E-state index is 0.108. The number of hydrogen-bond acceptors (Lipinski definition) is 4. The van der Waals surface area contributed by atoms with Gasteiger partial charge in [0.2, 0.25) is 0 Å². The van der Waals surface area contributed by atoms with Gasteiger partial charge in [-0.2, -0.15) is 5.26 Å². The Morgan fingerprint density at radius 3 is 2.67 bits per heavy atom. The summed E-state index contributed by atoms with van der Waals surface area (Å²) in [5.41, 5.74) is 6.66. The van der Waals surface area contributed by atoms with E-state index in [1.807, 2.05) is 0 Å². The van der Waals surface area contributed by atoms with Crippen molar-refractivity contribution in [3.05, 3.63) is 28.2 Å². The number of nitrogens with zero attached hydrogens (tertiary/aromatic N) is 1. The monoisotopic (exact) mass is 270 g/mol. The first kappa shape index (κ1) is 12.0. The third-order valence-corrected chi connectivity index (χ3v) is 2.72. The lowest BCUT2D eigenvalue weighted by Crippen LogP contribution is -2.17. The largest absolute Gasteiger partial charge is 0.398 e. The summed E-state index contributed by atoms with van der Waals surface area (Å²) in [6.07, 6.45) is -2.25. The highest BCUT2D eigenvalue weighted by molar-refractivity contribution is 9.10. The lowest BCUT2D eigenvalue weighted by Gasteiger charge is -2.16. The summed E-state index contributed by atoms with van der Waals surface area (Å²) in [4.78, 5) is 0. The molecular formula is C10H11BrN2O2. The van der Waals surface area contributed by atoms with E-state index in [1.165, 1.54) is 0 Å². The molecule has 80 valence electrons. The summed E-state index contributed by atoms with van der Waals surface area (Å²) >= 11 is 3.22. The van der Waals surface area contributed by atoms with Crippen LogP contribution < -0.4 is 5.73 Å². The molecule has 1 aromatic carbocycles. The molecule has 15 heavy (non-hydrogen) atoms. The van der Waals surface area contributed by atoms with Crippen LogP contribution >= 0.6 is 15.9 Å². The Morgan fingerprint density at radius 2 is 2.13 bits per heavy atom. The third kappa shape index (κ3) is 2.93. The van der Waals surface area contributed by atoms with Gasteiger partial charge >= 0.3 is 0 Å². The van der Waals surface area contributed by atoms with E-state index in [4.69, 9.17) is 11.0 Å². The fraction of sp³-hybridized carbons (Fsp3) is 0.300. The van der Waals surface area contributed by atoms with Crippen LogP contribution in [0.25, 0.3) is 0 Å². The fourth-order valence-electron chi connectivity index (χ4n) is 1.15. The van der Waals surface area contributed by atoms with Crippen molar-refractivity contribution in [2.24, 2.45) is 0 Å². The number of aliphatic hydroxyl groups excluding tert-OH is 2. The van der Waals surface area contributed by atoms with E-state index in [-0.39, 0.29) is 6.42 Å². The highest BCUT2D eigenvalue weighted by atomic mass is 79.9. The standard InChI is InChI=1S/C10H11BrN2O2/c11-7-5-6(1-2-8(7)13)10(15)9(14)3-4-12/h1-2,5,9-10,14-15H,3,13H2. The predicted octanol–water partition coefficient (Wildman–Crippen LogP) is 1.34. The molecule has 2 unspecified atom stereocenters. The van der Waals surface area contributed by atoms with Crippen molar-refractivity contribution in [1.29, 1.82) is 5.26 Å². The smallest absolute Gasteiger partial charge is 0.106 e. The van der Waals surface area contributed by atoms with E-state index in [0.717, 1.165) is 0 Å². The normalized spacial score (nSPS) is 14.3. The molecule has 0 aromatic heterocycles.